The van der Waals surface area contributed by atoms with Crippen molar-refractivity contribution in [3.8, 4) is 22.9 Å². The molecule has 3 aromatic rings. The van der Waals surface area contributed by atoms with E-state index in [0.717, 1.165) is 61.2 Å². The summed E-state index contributed by atoms with van der Waals surface area (Å²) < 4.78 is 14.2. The van der Waals surface area contributed by atoms with Gasteiger partial charge in [-0.05, 0) is 43.4 Å². The number of pyridine rings is 1. The topological polar surface area (TPSA) is 98.4 Å². The molecular formula is C22H28N6O2S. The van der Waals surface area contributed by atoms with Crippen LogP contribution < -0.4 is 24.2 Å². The third kappa shape index (κ3) is 4.84. The highest BCUT2D eigenvalue weighted by Crippen LogP contribution is 2.37. The summed E-state index contributed by atoms with van der Waals surface area (Å²) in [5.41, 5.74) is 1.77. The first kappa shape index (κ1) is 21.6. The van der Waals surface area contributed by atoms with Crippen molar-refractivity contribution >= 4 is 28.9 Å². The van der Waals surface area contributed by atoms with Gasteiger partial charge in [0, 0.05) is 61.2 Å². The Morgan fingerprint density at radius 2 is 1.81 bits per heavy atom. The van der Waals surface area contributed by atoms with Crippen molar-refractivity contribution in [3.05, 3.63) is 36.7 Å². The van der Waals surface area contributed by atoms with E-state index in [-0.39, 0.29) is 0 Å². The van der Waals surface area contributed by atoms with Crippen molar-refractivity contribution in [2.45, 2.75) is 19.3 Å². The minimum Gasteiger partial charge on any atom is -0.493 e. The summed E-state index contributed by atoms with van der Waals surface area (Å²) in [4.78, 5) is 16.3. The molecule has 3 N–H and O–H groups in total. The number of benzene rings is 1. The lowest BCUT2D eigenvalue weighted by Gasteiger charge is -2.33. The molecule has 31 heavy (non-hydrogen) atoms. The van der Waals surface area contributed by atoms with Gasteiger partial charge in [0.1, 0.15) is 5.82 Å². The Morgan fingerprint density at radius 3 is 2.48 bits per heavy atom. The van der Waals surface area contributed by atoms with Gasteiger partial charge in [-0.15, -0.1) is 0 Å². The van der Waals surface area contributed by atoms with Gasteiger partial charge in [0.2, 0.25) is 0 Å². The lowest BCUT2D eigenvalue weighted by Crippen LogP contribution is -2.35. The van der Waals surface area contributed by atoms with Crippen LogP contribution in [0.25, 0.3) is 22.3 Å². The number of nitrogens with one attached hydrogen (secondary N) is 1. The number of anilines is 1. The number of hydrogen-bond donors (Lipinski definition) is 2. The minimum absolute atomic E-state index is 0.657. The molecule has 0 radical (unpaired) electrons. The van der Waals surface area contributed by atoms with Gasteiger partial charge in [-0.1, -0.05) is 0 Å². The van der Waals surface area contributed by atoms with Crippen LogP contribution in [0.4, 0.5) is 5.82 Å². The molecule has 3 heterocycles. The fourth-order valence-corrected chi connectivity index (χ4v) is 4.30. The smallest absolute Gasteiger partial charge is 0.162 e. The van der Waals surface area contributed by atoms with Crippen LogP contribution in [0.1, 0.15) is 19.3 Å². The third-order valence-corrected chi connectivity index (χ3v) is 6.14. The first-order chi connectivity index (χ1) is 15.2. The zero-order valence-electron chi connectivity index (χ0n) is 17.9. The van der Waals surface area contributed by atoms with Gasteiger partial charge >= 0.3 is 0 Å². The Kier molecular flexibility index (Phi) is 7.06. The lowest BCUT2D eigenvalue weighted by atomic mass is 9.93. The van der Waals surface area contributed by atoms with E-state index in [9.17, 15) is 0 Å². The predicted molar refractivity (Wildman–Crippen MR) is 125 cm³/mol. The summed E-state index contributed by atoms with van der Waals surface area (Å²) in [6.07, 6.45) is 6.91. The van der Waals surface area contributed by atoms with Gasteiger partial charge in [0.15, 0.2) is 17.3 Å². The standard InChI is InChI=1S/C22H28N6O2S/c1-29-19-13-17-18(14-20(19)30-2)26-21(16-4-8-24-9-5-16)27-22(17)28-11-6-15(7-12-28)3-10-25-31-23/h4-5,8-9,13-15,25H,3,6-7,10-12,23H2,1-2H3. The summed E-state index contributed by atoms with van der Waals surface area (Å²) in [5, 5.41) is 6.43. The molecule has 0 saturated carbocycles. The first-order valence-corrected chi connectivity index (χ1v) is 11.3. The second-order valence-electron chi connectivity index (χ2n) is 7.56. The second kappa shape index (κ2) is 10.1. The van der Waals surface area contributed by atoms with E-state index < -0.39 is 0 Å². The number of piperidine rings is 1. The molecule has 0 amide bonds. The monoisotopic (exact) mass is 440 g/mol. The first-order valence-electron chi connectivity index (χ1n) is 10.4. The van der Waals surface area contributed by atoms with E-state index in [1.165, 1.54) is 12.1 Å². The van der Waals surface area contributed by atoms with Crippen LogP contribution in [0.3, 0.4) is 0 Å². The van der Waals surface area contributed by atoms with Crippen molar-refractivity contribution in [1.29, 1.82) is 0 Å². The molecule has 0 unspecified atom stereocenters. The number of nitrogens with zero attached hydrogens (tertiary/aromatic N) is 4. The van der Waals surface area contributed by atoms with Crippen LogP contribution in [0.2, 0.25) is 0 Å². The van der Waals surface area contributed by atoms with E-state index in [2.05, 4.69) is 14.6 Å². The number of aromatic nitrogens is 3. The number of hydrogen-bond acceptors (Lipinski definition) is 9. The molecule has 1 aromatic carbocycles. The number of methoxy groups -OCH3 is 2. The fraction of sp³-hybridized carbons (Fsp3) is 0.409. The number of nitrogens with two attached hydrogens (primary N) is 1. The maximum Gasteiger partial charge on any atom is 0.162 e. The summed E-state index contributed by atoms with van der Waals surface area (Å²) in [5.74, 6) is 3.65. The van der Waals surface area contributed by atoms with Crippen molar-refractivity contribution in [1.82, 2.24) is 19.7 Å². The molecule has 9 heteroatoms. The third-order valence-electron chi connectivity index (χ3n) is 5.77. The summed E-state index contributed by atoms with van der Waals surface area (Å²) in [7, 11) is 3.28. The summed E-state index contributed by atoms with van der Waals surface area (Å²) in [6.45, 7) is 2.85. The largest absolute Gasteiger partial charge is 0.493 e. The molecule has 2 aromatic heterocycles. The Labute approximate surface area is 186 Å². The zero-order chi connectivity index (χ0) is 21.6. The average molecular weight is 441 g/mol. The van der Waals surface area contributed by atoms with Gasteiger partial charge in [0.25, 0.3) is 0 Å². The molecular weight excluding hydrogens is 412 g/mol. The molecule has 0 bridgehead atoms. The van der Waals surface area contributed by atoms with Crippen LogP contribution in [0, 0.1) is 5.92 Å². The Bertz CT molecular complexity index is 1010. The molecule has 0 aliphatic carbocycles. The number of ether oxygens (including phenoxy) is 2. The van der Waals surface area contributed by atoms with Gasteiger partial charge < -0.3 is 14.4 Å². The number of rotatable bonds is 8. The van der Waals surface area contributed by atoms with E-state index in [0.29, 0.717) is 23.2 Å². The molecule has 164 valence electrons. The summed E-state index contributed by atoms with van der Waals surface area (Å²) >= 11 is 1.19. The Morgan fingerprint density at radius 1 is 1.10 bits per heavy atom. The van der Waals surface area contributed by atoms with E-state index >= 15 is 0 Å². The SMILES string of the molecule is COc1cc2nc(-c3ccncc3)nc(N3CCC(CCNSN)CC3)c2cc1OC. The van der Waals surface area contributed by atoms with Gasteiger partial charge in [0.05, 0.1) is 19.7 Å². The van der Waals surface area contributed by atoms with Crippen molar-refractivity contribution in [3.63, 3.8) is 0 Å². The quantitative estimate of drug-likeness (QED) is 0.403. The second-order valence-corrected chi connectivity index (χ2v) is 8.09. The molecule has 1 aliphatic heterocycles. The van der Waals surface area contributed by atoms with Crippen LogP contribution >= 0.6 is 12.1 Å². The van der Waals surface area contributed by atoms with E-state index in [4.69, 9.17) is 24.6 Å². The molecule has 1 fully saturated rings. The van der Waals surface area contributed by atoms with E-state index in [1.54, 1.807) is 26.6 Å². The van der Waals surface area contributed by atoms with E-state index in [1.807, 2.05) is 24.3 Å². The molecule has 0 atom stereocenters. The highest BCUT2D eigenvalue weighted by atomic mass is 32.2. The molecule has 1 saturated heterocycles. The Balaban J connectivity index is 1.70. The number of fused-ring (bicyclic) bond motifs is 1. The van der Waals surface area contributed by atoms with Crippen LogP contribution in [-0.4, -0.2) is 48.8 Å². The average Bonchev–Trinajstić information content (AvgIpc) is 2.83. The van der Waals surface area contributed by atoms with Crippen LogP contribution in [0.5, 0.6) is 11.5 Å². The predicted octanol–water partition coefficient (Wildman–Crippen LogP) is 3.43. The highest BCUT2D eigenvalue weighted by molar-refractivity contribution is 7.95. The summed E-state index contributed by atoms with van der Waals surface area (Å²) in [6, 6.07) is 7.77. The molecule has 1 aliphatic rings. The van der Waals surface area contributed by atoms with Gasteiger partial charge in [-0.3, -0.25) is 14.8 Å². The van der Waals surface area contributed by atoms with Crippen molar-refractivity contribution < 1.29 is 9.47 Å². The maximum atomic E-state index is 5.55. The van der Waals surface area contributed by atoms with Crippen LogP contribution in [0.15, 0.2) is 36.7 Å². The highest BCUT2D eigenvalue weighted by Gasteiger charge is 2.23. The molecule has 4 rings (SSSR count). The molecule has 8 nitrogen and oxygen atoms in total. The van der Waals surface area contributed by atoms with Crippen molar-refractivity contribution in [2.24, 2.45) is 11.1 Å². The normalized spacial score (nSPS) is 14.7. The van der Waals surface area contributed by atoms with Gasteiger partial charge in [-0.25, -0.2) is 9.97 Å². The fourth-order valence-electron chi connectivity index (χ4n) is 4.07. The molecule has 0 spiro atoms. The lowest BCUT2D eigenvalue weighted by molar-refractivity contribution is 0.355. The van der Waals surface area contributed by atoms with Crippen molar-refractivity contribution in [2.75, 3.05) is 38.8 Å². The van der Waals surface area contributed by atoms with Gasteiger partial charge in [-0.2, -0.15) is 0 Å². The zero-order valence-corrected chi connectivity index (χ0v) is 18.7. The Hall–Kier alpha value is -2.62. The van der Waals surface area contributed by atoms with Crippen LogP contribution in [-0.2, 0) is 0 Å². The maximum absolute atomic E-state index is 5.55. The minimum atomic E-state index is 0.657.